The summed E-state index contributed by atoms with van der Waals surface area (Å²) in [5.74, 6) is 1.21. The molecule has 1 heterocycles. The van der Waals surface area contributed by atoms with Gasteiger partial charge >= 0.3 is 0 Å². The molecule has 0 aliphatic heterocycles. The van der Waals surface area contributed by atoms with Crippen LogP contribution in [-0.2, 0) is 0 Å². The lowest BCUT2D eigenvalue weighted by Gasteiger charge is -2.27. The van der Waals surface area contributed by atoms with Crippen LogP contribution in [0.25, 0.3) is 0 Å². The van der Waals surface area contributed by atoms with Gasteiger partial charge < -0.3 is 0 Å². The number of aromatic nitrogens is 2. The molecule has 1 aromatic rings. The minimum atomic E-state index is -0.403. The van der Waals surface area contributed by atoms with Gasteiger partial charge in [0.1, 0.15) is 5.54 Å². The second kappa shape index (κ2) is 6.17. The molecule has 0 radical (unpaired) electrons. The second-order valence-electron chi connectivity index (χ2n) is 4.60. The van der Waals surface area contributed by atoms with E-state index in [0.29, 0.717) is 5.92 Å². The number of nitrogens with zero attached hydrogens (tertiary/aromatic N) is 3. The fourth-order valence-corrected chi connectivity index (χ4v) is 2.97. The first-order valence-corrected chi connectivity index (χ1v) is 7.35. The lowest BCUT2D eigenvalue weighted by atomic mass is 9.97. The molecule has 0 bridgehead atoms. The number of thioether (sulfide) groups is 1. The number of rotatable bonds is 7. The van der Waals surface area contributed by atoms with E-state index in [2.05, 4.69) is 28.3 Å². The zero-order valence-electron chi connectivity index (χ0n) is 10.6. The first-order chi connectivity index (χ1) is 8.80. The third-order valence-corrected chi connectivity index (χ3v) is 4.20. The van der Waals surface area contributed by atoms with Crippen molar-refractivity contribution in [2.24, 2.45) is 5.92 Å². The summed E-state index contributed by atoms with van der Waals surface area (Å²) in [5.41, 5.74) is -0.403. The summed E-state index contributed by atoms with van der Waals surface area (Å²) < 4.78 is 0. The molecule has 0 aromatic carbocycles. The Hall–Kier alpha value is -1.12. The first kappa shape index (κ1) is 13.3. The average Bonchev–Trinajstić information content (AvgIpc) is 3.26. The van der Waals surface area contributed by atoms with Crippen LogP contribution in [0.15, 0.2) is 23.6 Å². The molecule has 4 nitrogen and oxygen atoms in total. The summed E-state index contributed by atoms with van der Waals surface area (Å²) in [4.78, 5) is 8.38. The fourth-order valence-electron chi connectivity index (χ4n) is 1.94. The second-order valence-corrected chi connectivity index (χ2v) is 5.55. The Morgan fingerprint density at radius 1 is 1.50 bits per heavy atom. The van der Waals surface area contributed by atoms with Gasteiger partial charge in [0.15, 0.2) is 5.16 Å². The maximum Gasteiger partial charge on any atom is 0.187 e. The SMILES string of the molecule is CCCNC(C#N)(CSc1ncccn1)C1CC1. The van der Waals surface area contributed by atoms with Gasteiger partial charge in [-0.25, -0.2) is 9.97 Å². The van der Waals surface area contributed by atoms with Gasteiger partial charge in [-0.3, -0.25) is 5.32 Å². The Kier molecular flexibility index (Phi) is 4.56. The predicted molar refractivity (Wildman–Crippen MR) is 72.1 cm³/mol. The molecule has 18 heavy (non-hydrogen) atoms. The Balaban J connectivity index is 1.99. The molecule has 1 aliphatic rings. The van der Waals surface area contributed by atoms with Crippen LogP contribution in [0.1, 0.15) is 26.2 Å². The minimum Gasteiger partial charge on any atom is -0.298 e. The van der Waals surface area contributed by atoms with E-state index in [9.17, 15) is 5.26 Å². The van der Waals surface area contributed by atoms with Gasteiger partial charge in [0.05, 0.1) is 6.07 Å². The van der Waals surface area contributed by atoms with Crippen LogP contribution in [0.3, 0.4) is 0 Å². The zero-order valence-corrected chi connectivity index (χ0v) is 11.4. The molecular formula is C13H18N4S. The summed E-state index contributed by atoms with van der Waals surface area (Å²) in [7, 11) is 0. The van der Waals surface area contributed by atoms with Crippen LogP contribution in [0.4, 0.5) is 0 Å². The molecule has 1 atom stereocenters. The average molecular weight is 262 g/mol. The van der Waals surface area contributed by atoms with E-state index >= 15 is 0 Å². The summed E-state index contributed by atoms with van der Waals surface area (Å²) in [5, 5.41) is 13.7. The molecule has 1 aliphatic carbocycles. The van der Waals surface area contributed by atoms with Gasteiger partial charge in [-0.15, -0.1) is 0 Å². The molecule has 1 unspecified atom stereocenters. The molecule has 5 heteroatoms. The summed E-state index contributed by atoms with van der Waals surface area (Å²) in [6.07, 6.45) is 6.82. The van der Waals surface area contributed by atoms with Crippen molar-refractivity contribution >= 4 is 11.8 Å². The fraction of sp³-hybridized carbons (Fsp3) is 0.615. The third-order valence-electron chi connectivity index (χ3n) is 3.14. The largest absolute Gasteiger partial charge is 0.298 e. The van der Waals surface area contributed by atoms with Crippen molar-refractivity contribution < 1.29 is 0 Å². The molecule has 1 N–H and O–H groups in total. The van der Waals surface area contributed by atoms with E-state index in [-0.39, 0.29) is 0 Å². The molecule has 2 rings (SSSR count). The predicted octanol–water partition coefficient (Wildman–Crippen LogP) is 2.24. The van der Waals surface area contributed by atoms with Gasteiger partial charge in [0.25, 0.3) is 0 Å². The normalized spacial score (nSPS) is 18.0. The van der Waals surface area contributed by atoms with Crippen molar-refractivity contribution in [1.82, 2.24) is 15.3 Å². The summed E-state index contributed by atoms with van der Waals surface area (Å²) in [6, 6.07) is 4.30. The molecule has 1 aromatic heterocycles. The van der Waals surface area contributed by atoms with Gasteiger partial charge in [0.2, 0.25) is 0 Å². The van der Waals surface area contributed by atoms with Crippen LogP contribution in [0, 0.1) is 17.2 Å². The van der Waals surface area contributed by atoms with Crippen LogP contribution in [-0.4, -0.2) is 27.8 Å². The zero-order chi connectivity index (χ0) is 12.8. The lowest BCUT2D eigenvalue weighted by molar-refractivity contribution is 0.405. The quantitative estimate of drug-likeness (QED) is 0.603. The molecule has 96 valence electrons. The maximum atomic E-state index is 9.52. The standard InChI is InChI=1S/C13H18N4S/c1-2-6-17-13(9-14,11-4-5-11)10-18-12-15-7-3-8-16-12/h3,7-8,11,17H,2,4-6,10H2,1H3. The van der Waals surface area contributed by atoms with Crippen molar-refractivity contribution in [3.05, 3.63) is 18.5 Å². The van der Waals surface area contributed by atoms with E-state index in [4.69, 9.17) is 0 Å². The first-order valence-electron chi connectivity index (χ1n) is 6.37. The highest BCUT2D eigenvalue weighted by Gasteiger charge is 2.45. The summed E-state index contributed by atoms with van der Waals surface area (Å²) in [6.45, 7) is 3.01. The van der Waals surface area contributed by atoms with E-state index in [1.165, 1.54) is 0 Å². The van der Waals surface area contributed by atoms with Gasteiger partial charge in [-0.1, -0.05) is 18.7 Å². The number of hydrogen-bond donors (Lipinski definition) is 1. The molecule has 1 fully saturated rings. The summed E-state index contributed by atoms with van der Waals surface area (Å²) >= 11 is 1.56. The topological polar surface area (TPSA) is 61.6 Å². The number of nitrogens with one attached hydrogen (secondary N) is 1. The highest BCUT2D eigenvalue weighted by Crippen LogP contribution is 2.41. The van der Waals surface area contributed by atoms with Crippen molar-refractivity contribution in [3.63, 3.8) is 0 Å². The Morgan fingerprint density at radius 3 is 2.78 bits per heavy atom. The highest BCUT2D eigenvalue weighted by molar-refractivity contribution is 7.99. The highest BCUT2D eigenvalue weighted by atomic mass is 32.2. The monoisotopic (exact) mass is 262 g/mol. The van der Waals surface area contributed by atoms with Crippen molar-refractivity contribution in [2.45, 2.75) is 36.9 Å². The van der Waals surface area contributed by atoms with Gasteiger partial charge in [-0.2, -0.15) is 5.26 Å². The Morgan fingerprint density at radius 2 is 2.22 bits per heavy atom. The van der Waals surface area contributed by atoms with Crippen LogP contribution >= 0.6 is 11.8 Å². The van der Waals surface area contributed by atoms with Crippen molar-refractivity contribution in [3.8, 4) is 6.07 Å². The molecular weight excluding hydrogens is 244 g/mol. The van der Waals surface area contributed by atoms with E-state index < -0.39 is 5.54 Å². The maximum absolute atomic E-state index is 9.52. The van der Waals surface area contributed by atoms with E-state index in [1.807, 2.05) is 0 Å². The molecule has 1 saturated carbocycles. The van der Waals surface area contributed by atoms with Gasteiger partial charge in [0, 0.05) is 18.1 Å². The number of nitriles is 1. The van der Waals surface area contributed by atoms with Crippen LogP contribution in [0.5, 0.6) is 0 Å². The van der Waals surface area contributed by atoms with Crippen LogP contribution < -0.4 is 5.32 Å². The minimum absolute atomic E-state index is 0.403. The van der Waals surface area contributed by atoms with Crippen LogP contribution in [0.2, 0.25) is 0 Å². The molecule has 0 amide bonds. The third kappa shape index (κ3) is 3.21. The van der Waals surface area contributed by atoms with Gasteiger partial charge in [-0.05, 0) is 37.8 Å². The molecule has 0 spiro atoms. The Labute approximate surface area is 112 Å². The Bertz CT molecular complexity index is 413. The number of hydrogen-bond acceptors (Lipinski definition) is 5. The van der Waals surface area contributed by atoms with Crippen molar-refractivity contribution in [1.29, 1.82) is 5.26 Å². The van der Waals surface area contributed by atoms with E-state index in [0.717, 1.165) is 36.7 Å². The van der Waals surface area contributed by atoms with E-state index in [1.54, 1.807) is 30.2 Å². The lowest BCUT2D eigenvalue weighted by Crippen LogP contribution is -2.48. The molecule has 0 saturated heterocycles. The smallest absolute Gasteiger partial charge is 0.187 e. The van der Waals surface area contributed by atoms with Crippen molar-refractivity contribution in [2.75, 3.05) is 12.3 Å².